The summed E-state index contributed by atoms with van der Waals surface area (Å²) in [5.41, 5.74) is 10.7. The Morgan fingerprint density at radius 1 is 0.889 bits per heavy atom. The molecule has 3 heterocycles. The van der Waals surface area contributed by atoms with E-state index in [9.17, 15) is 0 Å². The maximum Gasteiger partial charge on any atom is 0.174 e. The molecule has 0 aliphatic carbocycles. The van der Waals surface area contributed by atoms with Crippen LogP contribution in [0, 0.1) is 27.7 Å². The average molecular weight is 496 g/mol. The second-order valence-corrected chi connectivity index (χ2v) is 10.2. The predicted molar refractivity (Wildman–Crippen MR) is 153 cm³/mol. The Balaban J connectivity index is 1.68. The van der Waals surface area contributed by atoms with Crippen molar-refractivity contribution < 1.29 is 0 Å². The van der Waals surface area contributed by atoms with E-state index in [-0.39, 0.29) is 12.1 Å². The molecule has 2 aromatic heterocycles. The number of pyridine rings is 1. The molecular weight excluding hydrogens is 462 g/mol. The van der Waals surface area contributed by atoms with E-state index in [1.54, 1.807) is 0 Å². The maximum atomic E-state index is 5.95. The van der Waals surface area contributed by atoms with Crippen molar-refractivity contribution in [1.29, 1.82) is 0 Å². The van der Waals surface area contributed by atoms with Crippen molar-refractivity contribution in [3.63, 3.8) is 0 Å². The van der Waals surface area contributed by atoms with Gasteiger partial charge < -0.3 is 19.7 Å². The molecule has 0 saturated carbocycles. The van der Waals surface area contributed by atoms with Crippen LogP contribution >= 0.6 is 12.2 Å². The number of anilines is 2. The molecule has 1 fully saturated rings. The lowest BCUT2D eigenvalue weighted by Crippen LogP contribution is -2.29. The lowest BCUT2D eigenvalue weighted by Gasteiger charge is -2.29. The van der Waals surface area contributed by atoms with Gasteiger partial charge in [0.15, 0.2) is 5.11 Å². The van der Waals surface area contributed by atoms with Gasteiger partial charge in [-0.05, 0) is 99.1 Å². The molecule has 2 aromatic carbocycles. The third-order valence-corrected chi connectivity index (χ3v) is 7.51. The molecule has 0 amide bonds. The van der Waals surface area contributed by atoms with Gasteiger partial charge in [-0.1, -0.05) is 24.3 Å². The fourth-order valence-electron chi connectivity index (χ4n) is 5.45. The largest absolute Gasteiger partial charge is 0.378 e. The third kappa shape index (κ3) is 4.05. The molecule has 5 rings (SSSR count). The molecule has 0 bridgehead atoms. The number of thiocarbonyl (C=S) groups is 1. The highest BCUT2D eigenvalue weighted by Gasteiger charge is 2.42. The molecule has 1 saturated heterocycles. The quantitative estimate of drug-likeness (QED) is 0.327. The van der Waals surface area contributed by atoms with Crippen molar-refractivity contribution in [2.45, 2.75) is 39.8 Å². The van der Waals surface area contributed by atoms with E-state index >= 15 is 0 Å². The molecule has 1 aliphatic heterocycles. The summed E-state index contributed by atoms with van der Waals surface area (Å²) in [4.78, 5) is 9.08. The van der Waals surface area contributed by atoms with Crippen molar-refractivity contribution >= 4 is 28.7 Å². The Kier molecular flexibility index (Phi) is 6.31. The van der Waals surface area contributed by atoms with Crippen molar-refractivity contribution in [3.05, 3.63) is 107 Å². The monoisotopic (exact) mass is 495 g/mol. The van der Waals surface area contributed by atoms with Crippen LogP contribution in [0.4, 0.5) is 11.4 Å². The Morgan fingerprint density at radius 2 is 1.58 bits per heavy atom. The Labute approximate surface area is 219 Å². The first-order valence-corrected chi connectivity index (χ1v) is 12.7. The number of nitrogens with zero attached hydrogens (tertiary/aromatic N) is 4. The lowest BCUT2D eigenvalue weighted by atomic mass is 9.96. The molecule has 0 unspecified atom stereocenters. The van der Waals surface area contributed by atoms with Gasteiger partial charge in [0.25, 0.3) is 0 Å². The number of nitrogens with one attached hydrogen (secondary N) is 1. The van der Waals surface area contributed by atoms with Crippen LogP contribution in [0.2, 0.25) is 0 Å². The molecule has 0 radical (unpaired) electrons. The highest BCUT2D eigenvalue weighted by molar-refractivity contribution is 7.80. The number of benzene rings is 2. The van der Waals surface area contributed by atoms with Crippen molar-refractivity contribution in [1.82, 2.24) is 14.9 Å². The number of hydrogen-bond donors (Lipinski definition) is 1. The standard InChI is InChI=1S/C30H33N5S/c1-19-10-9-11-20(2)28(19)34-21(3)18-25(22(34)4)29-27(26-12-7-8-17-31-26)32-30(36)35(29)24-15-13-23(14-16-24)33(5)6/h7-18,27,29H,1-6H3,(H,32,36)/t27-,29+/m1/s1. The highest BCUT2D eigenvalue weighted by atomic mass is 32.1. The number of rotatable bonds is 5. The molecule has 1 aliphatic rings. The van der Waals surface area contributed by atoms with Gasteiger partial charge in [-0.2, -0.15) is 0 Å². The summed E-state index contributed by atoms with van der Waals surface area (Å²) in [5, 5.41) is 4.31. The average Bonchev–Trinajstić information content (AvgIpc) is 3.35. The van der Waals surface area contributed by atoms with Gasteiger partial charge in [0, 0.05) is 43.1 Å². The fraction of sp³-hybridized carbons (Fsp3) is 0.267. The van der Waals surface area contributed by atoms with Gasteiger partial charge >= 0.3 is 0 Å². The second kappa shape index (κ2) is 9.43. The van der Waals surface area contributed by atoms with Gasteiger partial charge in [-0.25, -0.2) is 0 Å². The second-order valence-electron chi connectivity index (χ2n) is 9.81. The summed E-state index contributed by atoms with van der Waals surface area (Å²) in [6, 6.07) is 23.4. The minimum Gasteiger partial charge on any atom is -0.378 e. The Hall–Kier alpha value is -3.64. The zero-order chi connectivity index (χ0) is 25.6. The van der Waals surface area contributed by atoms with E-state index in [1.165, 1.54) is 33.8 Å². The zero-order valence-corrected chi connectivity index (χ0v) is 22.6. The SMILES string of the molecule is Cc1cccc(C)c1-n1c(C)cc([C@H]2[C@@H](c3ccccn3)NC(=S)N2c2ccc(N(C)C)cc2)c1C. The first-order chi connectivity index (χ1) is 17.3. The summed E-state index contributed by atoms with van der Waals surface area (Å²) < 4.78 is 2.39. The van der Waals surface area contributed by atoms with E-state index in [4.69, 9.17) is 17.2 Å². The molecule has 184 valence electrons. The fourth-order valence-corrected chi connectivity index (χ4v) is 5.80. The van der Waals surface area contributed by atoms with Crippen molar-refractivity contribution in [2.75, 3.05) is 23.9 Å². The summed E-state index contributed by atoms with van der Waals surface area (Å²) in [7, 11) is 4.11. The Bertz CT molecular complexity index is 1390. The molecule has 36 heavy (non-hydrogen) atoms. The van der Waals surface area contributed by atoms with Crippen LogP contribution < -0.4 is 15.1 Å². The summed E-state index contributed by atoms with van der Waals surface area (Å²) in [6.45, 7) is 8.78. The van der Waals surface area contributed by atoms with Crippen LogP contribution in [-0.4, -0.2) is 28.8 Å². The van der Waals surface area contributed by atoms with Crippen LogP contribution in [0.5, 0.6) is 0 Å². The summed E-state index contributed by atoms with van der Waals surface area (Å²) in [5.74, 6) is 0. The van der Waals surface area contributed by atoms with E-state index in [2.05, 4.69) is 116 Å². The van der Waals surface area contributed by atoms with Gasteiger partial charge in [-0.3, -0.25) is 4.98 Å². The van der Waals surface area contributed by atoms with Gasteiger partial charge in [-0.15, -0.1) is 0 Å². The molecular formula is C30H33N5S. The highest BCUT2D eigenvalue weighted by Crippen LogP contribution is 2.44. The zero-order valence-electron chi connectivity index (χ0n) is 21.8. The summed E-state index contributed by atoms with van der Waals surface area (Å²) >= 11 is 5.95. The molecule has 5 nitrogen and oxygen atoms in total. The minimum absolute atomic E-state index is 0.0399. The first kappa shape index (κ1) is 24.1. The van der Waals surface area contributed by atoms with Gasteiger partial charge in [0.05, 0.1) is 23.5 Å². The van der Waals surface area contributed by atoms with Crippen molar-refractivity contribution in [2.24, 2.45) is 0 Å². The number of aromatic nitrogens is 2. The van der Waals surface area contributed by atoms with Crippen LogP contribution in [0.3, 0.4) is 0 Å². The smallest absolute Gasteiger partial charge is 0.174 e. The van der Waals surface area contributed by atoms with Crippen molar-refractivity contribution in [3.8, 4) is 5.69 Å². The number of para-hydroxylation sites is 1. The molecule has 2 atom stereocenters. The van der Waals surface area contributed by atoms with Gasteiger partial charge in [0.2, 0.25) is 0 Å². The third-order valence-electron chi connectivity index (χ3n) is 7.19. The molecule has 4 aromatic rings. The van der Waals surface area contributed by atoms with E-state index in [0.717, 1.165) is 17.1 Å². The van der Waals surface area contributed by atoms with E-state index in [0.29, 0.717) is 5.11 Å². The molecule has 1 N–H and O–H groups in total. The van der Waals surface area contributed by atoms with Crippen LogP contribution in [0.15, 0.2) is 72.9 Å². The lowest BCUT2D eigenvalue weighted by molar-refractivity contribution is 0.565. The Morgan fingerprint density at radius 3 is 2.19 bits per heavy atom. The molecule has 6 heteroatoms. The normalized spacial score (nSPS) is 17.4. The van der Waals surface area contributed by atoms with E-state index in [1.807, 2.05) is 18.3 Å². The molecule has 0 spiro atoms. The van der Waals surface area contributed by atoms with Crippen LogP contribution in [0.1, 0.15) is 45.9 Å². The first-order valence-electron chi connectivity index (χ1n) is 12.3. The minimum atomic E-state index is -0.0702. The predicted octanol–water partition coefficient (Wildman–Crippen LogP) is 6.35. The van der Waals surface area contributed by atoms with Gasteiger partial charge in [0.1, 0.15) is 0 Å². The summed E-state index contributed by atoms with van der Waals surface area (Å²) in [6.07, 6.45) is 1.85. The van der Waals surface area contributed by atoms with Crippen LogP contribution in [0.25, 0.3) is 5.69 Å². The van der Waals surface area contributed by atoms with E-state index < -0.39 is 0 Å². The number of hydrogen-bond acceptors (Lipinski definition) is 3. The maximum absolute atomic E-state index is 5.95. The van der Waals surface area contributed by atoms with Crippen LogP contribution in [-0.2, 0) is 0 Å². The number of aryl methyl sites for hydroxylation is 3. The topological polar surface area (TPSA) is 36.3 Å².